The SMILES string of the molecule is CCCn1c(=O)c2c(nc(Cc3nscc3F)n2CCN(CC)CCO)n(CCc2ccccc2N)c1=O. The lowest BCUT2D eigenvalue weighted by Crippen LogP contribution is -2.41. The van der Waals surface area contributed by atoms with E-state index in [1.165, 1.54) is 14.5 Å². The standard InChI is InChI=1S/C26H34FN7O3S/c1-3-10-34-25(36)23-24(33(26(34)37)11-9-18-7-5-6-8-20(18)28)29-22(16-21-19(27)17-38-30-21)32(23)13-12-31(4-2)14-15-35/h5-8,17,35H,3-4,9-16,28H2,1-2H3. The van der Waals surface area contributed by atoms with Crippen molar-refractivity contribution in [3.8, 4) is 0 Å². The van der Waals surface area contributed by atoms with Crippen LogP contribution in [0, 0.1) is 5.82 Å². The molecule has 4 aromatic rings. The molecule has 0 aliphatic rings. The average Bonchev–Trinajstić information content (AvgIpc) is 3.48. The Hall–Kier alpha value is -3.35. The van der Waals surface area contributed by atoms with Crippen molar-refractivity contribution in [1.29, 1.82) is 0 Å². The molecule has 204 valence electrons. The number of rotatable bonds is 13. The Morgan fingerprint density at radius 2 is 1.87 bits per heavy atom. The van der Waals surface area contributed by atoms with Crippen LogP contribution in [0.1, 0.15) is 37.4 Å². The fraction of sp³-hybridized carbons (Fsp3) is 0.462. The minimum atomic E-state index is -0.426. The molecule has 3 N–H and O–H groups in total. The first-order valence-corrected chi connectivity index (χ1v) is 13.7. The van der Waals surface area contributed by atoms with E-state index >= 15 is 0 Å². The highest BCUT2D eigenvalue weighted by atomic mass is 32.1. The summed E-state index contributed by atoms with van der Waals surface area (Å²) >= 11 is 1.02. The maximum Gasteiger partial charge on any atom is 0.332 e. The number of nitrogens with two attached hydrogens (primary N) is 1. The van der Waals surface area contributed by atoms with Crippen LogP contribution in [-0.4, -0.2) is 59.3 Å². The van der Waals surface area contributed by atoms with Gasteiger partial charge in [-0.1, -0.05) is 32.0 Å². The second-order valence-corrected chi connectivity index (χ2v) is 9.76. The third-order valence-electron chi connectivity index (χ3n) is 6.72. The van der Waals surface area contributed by atoms with Gasteiger partial charge in [-0.25, -0.2) is 14.2 Å². The minimum absolute atomic E-state index is 0.0148. The van der Waals surface area contributed by atoms with Crippen LogP contribution in [0.5, 0.6) is 0 Å². The van der Waals surface area contributed by atoms with E-state index in [0.29, 0.717) is 56.0 Å². The summed E-state index contributed by atoms with van der Waals surface area (Å²) in [6.07, 6.45) is 1.18. The molecule has 0 saturated heterocycles. The van der Waals surface area contributed by atoms with Crippen LogP contribution in [-0.2, 0) is 32.5 Å². The molecule has 0 spiro atoms. The first-order valence-electron chi connectivity index (χ1n) is 12.9. The number of hydrogen-bond acceptors (Lipinski definition) is 8. The highest BCUT2D eigenvalue weighted by molar-refractivity contribution is 7.03. The van der Waals surface area contributed by atoms with Gasteiger partial charge in [-0.05, 0) is 42.5 Å². The average molecular weight is 544 g/mol. The zero-order chi connectivity index (χ0) is 27.2. The van der Waals surface area contributed by atoms with Gasteiger partial charge in [0.2, 0.25) is 0 Å². The number of anilines is 1. The fourth-order valence-electron chi connectivity index (χ4n) is 4.65. The monoisotopic (exact) mass is 543 g/mol. The molecule has 0 aliphatic heterocycles. The van der Waals surface area contributed by atoms with Crippen molar-refractivity contribution >= 4 is 28.4 Å². The van der Waals surface area contributed by atoms with Gasteiger partial charge in [0.25, 0.3) is 5.56 Å². The number of aliphatic hydroxyl groups excluding tert-OH is 1. The number of aromatic nitrogens is 5. The summed E-state index contributed by atoms with van der Waals surface area (Å²) in [5.41, 5.74) is 7.65. The lowest BCUT2D eigenvalue weighted by molar-refractivity contribution is 0.197. The Bertz CT molecular complexity index is 1510. The Balaban J connectivity index is 1.88. The number of fused-ring (bicyclic) bond motifs is 1. The lowest BCUT2D eigenvalue weighted by atomic mass is 10.1. The number of para-hydroxylation sites is 1. The topological polar surface area (TPSA) is 124 Å². The highest BCUT2D eigenvalue weighted by Gasteiger charge is 2.23. The molecule has 0 aliphatic carbocycles. The molecule has 1 aromatic carbocycles. The van der Waals surface area contributed by atoms with E-state index in [1.54, 1.807) is 4.57 Å². The summed E-state index contributed by atoms with van der Waals surface area (Å²) in [5, 5.41) is 10.8. The van der Waals surface area contributed by atoms with Crippen LogP contribution in [0.3, 0.4) is 0 Å². The van der Waals surface area contributed by atoms with Crippen molar-refractivity contribution in [2.75, 3.05) is 32.0 Å². The Morgan fingerprint density at radius 3 is 2.53 bits per heavy atom. The predicted octanol–water partition coefficient (Wildman–Crippen LogP) is 2.10. The fourth-order valence-corrected chi connectivity index (χ4v) is 5.21. The number of hydrogen-bond donors (Lipinski definition) is 2. The summed E-state index contributed by atoms with van der Waals surface area (Å²) in [4.78, 5) is 34.0. The number of benzene rings is 1. The third kappa shape index (κ3) is 5.71. The predicted molar refractivity (Wildman–Crippen MR) is 147 cm³/mol. The summed E-state index contributed by atoms with van der Waals surface area (Å²) < 4.78 is 23.1. The highest BCUT2D eigenvalue weighted by Crippen LogP contribution is 2.19. The van der Waals surface area contributed by atoms with Gasteiger partial charge in [-0.15, -0.1) is 0 Å². The molecule has 3 heterocycles. The maximum absolute atomic E-state index is 14.4. The summed E-state index contributed by atoms with van der Waals surface area (Å²) in [5.74, 6) is 0.0352. The first kappa shape index (κ1) is 27.7. The van der Waals surface area contributed by atoms with Crippen molar-refractivity contribution in [3.05, 3.63) is 73.4 Å². The van der Waals surface area contributed by atoms with Gasteiger partial charge in [0.05, 0.1) is 18.7 Å². The van der Waals surface area contributed by atoms with Crippen LogP contribution in [0.4, 0.5) is 10.1 Å². The molecule has 3 aromatic heterocycles. The number of nitrogens with zero attached hydrogens (tertiary/aromatic N) is 6. The number of halogens is 1. The molecular formula is C26H34FN7O3S. The maximum atomic E-state index is 14.4. The number of likely N-dealkylation sites (N-methyl/N-ethyl adjacent to an activating group) is 1. The van der Waals surface area contributed by atoms with Crippen LogP contribution >= 0.6 is 11.5 Å². The number of imidazole rings is 1. The Morgan fingerprint density at radius 1 is 1.08 bits per heavy atom. The van der Waals surface area contributed by atoms with Crippen molar-refractivity contribution in [2.45, 2.75) is 52.7 Å². The van der Waals surface area contributed by atoms with E-state index in [2.05, 4.69) is 9.27 Å². The number of nitrogen functional groups attached to an aromatic ring is 1. The summed E-state index contributed by atoms with van der Waals surface area (Å²) in [7, 11) is 0. The quantitative estimate of drug-likeness (QED) is 0.248. The summed E-state index contributed by atoms with van der Waals surface area (Å²) in [6, 6.07) is 7.47. The van der Waals surface area contributed by atoms with Gasteiger partial charge in [-0.2, -0.15) is 4.37 Å². The zero-order valence-electron chi connectivity index (χ0n) is 21.8. The van der Waals surface area contributed by atoms with Gasteiger partial charge < -0.3 is 15.4 Å². The second kappa shape index (κ2) is 12.5. The van der Waals surface area contributed by atoms with Crippen molar-refractivity contribution in [3.63, 3.8) is 0 Å². The van der Waals surface area contributed by atoms with Gasteiger partial charge in [0, 0.05) is 43.8 Å². The minimum Gasteiger partial charge on any atom is -0.399 e. The summed E-state index contributed by atoms with van der Waals surface area (Å²) in [6.45, 7) is 6.60. The lowest BCUT2D eigenvalue weighted by Gasteiger charge is -2.20. The molecule has 4 rings (SSSR count). The van der Waals surface area contributed by atoms with Crippen LogP contribution in [0.25, 0.3) is 11.2 Å². The molecule has 38 heavy (non-hydrogen) atoms. The van der Waals surface area contributed by atoms with Crippen LogP contribution in [0.15, 0.2) is 39.2 Å². The van der Waals surface area contributed by atoms with Crippen molar-refractivity contribution in [1.82, 2.24) is 28.0 Å². The van der Waals surface area contributed by atoms with Gasteiger partial charge in [0.1, 0.15) is 5.82 Å². The molecule has 0 radical (unpaired) electrons. The van der Waals surface area contributed by atoms with Crippen molar-refractivity contribution in [2.24, 2.45) is 0 Å². The Kier molecular flexibility index (Phi) is 9.08. The molecule has 0 amide bonds. The molecule has 0 atom stereocenters. The zero-order valence-corrected chi connectivity index (χ0v) is 22.6. The molecule has 0 saturated carbocycles. The number of aryl methyl sites for hydroxylation is 2. The third-order valence-corrected chi connectivity index (χ3v) is 7.36. The normalized spacial score (nSPS) is 11.7. The van der Waals surface area contributed by atoms with Gasteiger partial charge >= 0.3 is 5.69 Å². The molecule has 12 heteroatoms. The van der Waals surface area contributed by atoms with E-state index in [9.17, 15) is 19.1 Å². The van der Waals surface area contributed by atoms with E-state index in [0.717, 1.165) is 17.1 Å². The van der Waals surface area contributed by atoms with Crippen LogP contribution in [0.2, 0.25) is 0 Å². The Labute approximate surface area is 223 Å². The van der Waals surface area contributed by atoms with E-state index in [4.69, 9.17) is 10.7 Å². The molecule has 0 fully saturated rings. The number of aliphatic hydroxyl groups is 1. The first-order chi connectivity index (χ1) is 18.4. The van der Waals surface area contributed by atoms with E-state index in [1.807, 2.05) is 38.1 Å². The molecule has 10 nitrogen and oxygen atoms in total. The van der Waals surface area contributed by atoms with Gasteiger partial charge in [0.15, 0.2) is 17.0 Å². The van der Waals surface area contributed by atoms with Crippen molar-refractivity contribution < 1.29 is 9.50 Å². The van der Waals surface area contributed by atoms with Crippen LogP contribution < -0.4 is 17.0 Å². The smallest absolute Gasteiger partial charge is 0.332 e. The largest absolute Gasteiger partial charge is 0.399 e. The van der Waals surface area contributed by atoms with Gasteiger partial charge in [-0.3, -0.25) is 18.8 Å². The molecule has 0 bridgehead atoms. The molecular weight excluding hydrogens is 509 g/mol. The molecule has 0 unspecified atom stereocenters. The second-order valence-electron chi connectivity index (χ2n) is 9.14. The van der Waals surface area contributed by atoms with E-state index in [-0.39, 0.29) is 37.5 Å². The van der Waals surface area contributed by atoms with E-state index < -0.39 is 17.1 Å².